The van der Waals surface area contributed by atoms with Crippen molar-refractivity contribution in [2.45, 2.75) is 6.54 Å². The molecule has 5 aromatic rings. The van der Waals surface area contributed by atoms with E-state index in [2.05, 4.69) is 10.3 Å². The summed E-state index contributed by atoms with van der Waals surface area (Å²) in [7, 11) is 1.32. The lowest BCUT2D eigenvalue weighted by Crippen LogP contribution is -2.19. The highest BCUT2D eigenvalue weighted by atomic mass is 32.1. The molecule has 0 aliphatic rings. The van der Waals surface area contributed by atoms with Gasteiger partial charge in [-0.05, 0) is 30.3 Å². The van der Waals surface area contributed by atoms with Crippen LogP contribution < -0.4 is 5.32 Å². The molecular weight excluding hydrogens is 431 g/mol. The van der Waals surface area contributed by atoms with Crippen LogP contribution in [0.2, 0.25) is 0 Å². The molecule has 0 unspecified atom stereocenters. The number of aromatic nitrogens is 3. The molecular formula is C23H17FN4O3S. The fourth-order valence-electron chi connectivity index (χ4n) is 3.69. The van der Waals surface area contributed by atoms with Crippen molar-refractivity contribution >= 4 is 44.9 Å². The Hall–Kier alpha value is -3.98. The van der Waals surface area contributed by atoms with Gasteiger partial charge in [0.2, 0.25) is 5.91 Å². The molecule has 0 spiro atoms. The van der Waals surface area contributed by atoms with Crippen LogP contribution in [0.1, 0.15) is 10.4 Å². The van der Waals surface area contributed by atoms with E-state index in [4.69, 9.17) is 4.74 Å². The minimum absolute atomic E-state index is 0.0161. The number of anilines is 1. The van der Waals surface area contributed by atoms with Crippen molar-refractivity contribution in [3.05, 3.63) is 77.7 Å². The summed E-state index contributed by atoms with van der Waals surface area (Å²) in [6.07, 6.45) is 3.43. The van der Waals surface area contributed by atoms with Gasteiger partial charge in [-0.15, -0.1) is 11.3 Å². The predicted octanol–water partition coefficient (Wildman–Crippen LogP) is 4.58. The average Bonchev–Trinajstić information content (AvgIpc) is 3.49. The zero-order valence-electron chi connectivity index (χ0n) is 16.9. The van der Waals surface area contributed by atoms with Crippen LogP contribution >= 0.6 is 11.3 Å². The third kappa shape index (κ3) is 3.42. The number of nitrogens with zero attached hydrogens (tertiary/aromatic N) is 3. The molecule has 32 heavy (non-hydrogen) atoms. The fraction of sp³-hybridized carbons (Fsp3) is 0.0870. The molecule has 0 bridgehead atoms. The summed E-state index contributed by atoms with van der Waals surface area (Å²) in [5, 5.41) is 5.52. The lowest BCUT2D eigenvalue weighted by molar-refractivity contribution is -0.116. The van der Waals surface area contributed by atoms with Gasteiger partial charge in [0.1, 0.15) is 23.9 Å². The van der Waals surface area contributed by atoms with Crippen LogP contribution in [0, 0.1) is 5.82 Å². The summed E-state index contributed by atoms with van der Waals surface area (Å²) in [5.74, 6) is -0.600. The van der Waals surface area contributed by atoms with Gasteiger partial charge < -0.3 is 14.6 Å². The second kappa shape index (κ2) is 7.93. The Kier molecular flexibility index (Phi) is 4.95. The van der Waals surface area contributed by atoms with Crippen LogP contribution in [-0.4, -0.2) is 32.9 Å². The molecule has 1 N–H and O–H groups in total. The molecule has 3 heterocycles. The third-order valence-corrected chi connectivity index (χ3v) is 5.90. The van der Waals surface area contributed by atoms with Crippen molar-refractivity contribution in [2.75, 3.05) is 12.4 Å². The summed E-state index contributed by atoms with van der Waals surface area (Å²) in [4.78, 5) is 30.5. The van der Waals surface area contributed by atoms with Crippen LogP contribution in [0.4, 0.5) is 10.2 Å². The minimum Gasteiger partial charge on any atom is -0.465 e. The van der Waals surface area contributed by atoms with Gasteiger partial charge >= 0.3 is 5.97 Å². The van der Waals surface area contributed by atoms with E-state index in [0.29, 0.717) is 33.0 Å². The largest absolute Gasteiger partial charge is 0.465 e. The maximum absolute atomic E-state index is 13.4. The topological polar surface area (TPSA) is 77.6 Å². The number of methoxy groups -OCH3 is 1. The number of esters is 1. The van der Waals surface area contributed by atoms with E-state index in [1.165, 1.54) is 30.6 Å². The first-order chi connectivity index (χ1) is 15.5. The highest BCUT2D eigenvalue weighted by Gasteiger charge is 2.20. The quantitative estimate of drug-likeness (QED) is 0.399. The van der Waals surface area contributed by atoms with E-state index < -0.39 is 5.97 Å². The Labute approximate surface area is 185 Å². The van der Waals surface area contributed by atoms with Crippen LogP contribution in [-0.2, 0) is 16.1 Å². The smallest absolute Gasteiger partial charge is 0.340 e. The number of thiazole rings is 1. The van der Waals surface area contributed by atoms with Gasteiger partial charge in [0.05, 0.1) is 12.7 Å². The molecule has 1 amide bonds. The van der Waals surface area contributed by atoms with Crippen molar-refractivity contribution in [1.82, 2.24) is 14.0 Å². The number of para-hydroxylation sites is 1. The van der Waals surface area contributed by atoms with E-state index in [1.807, 2.05) is 35.8 Å². The lowest BCUT2D eigenvalue weighted by atomic mass is 10.1. The van der Waals surface area contributed by atoms with Crippen molar-refractivity contribution in [3.63, 3.8) is 0 Å². The first-order valence-electron chi connectivity index (χ1n) is 9.72. The van der Waals surface area contributed by atoms with Gasteiger partial charge in [-0.3, -0.25) is 9.20 Å². The minimum atomic E-state index is -0.463. The summed E-state index contributed by atoms with van der Waals surface area (Å²) in [5.41, 5.74) is 2.39. The van der Waals surface area contributed by atoms with Crippen molar-refractivity contribution < 1.29 is 18.7 Å². The number of fused-ring (bicyclic) bond motifs is 2. The maximum Gasteiger partial charge on any atom is 0.340 e. The van der Waals surface area contributed by atoms with Crippen LogP contribution in [0.15, 0.2) is 66.3 Å². The van der Waals surface area contributed by atoms with E-state index in [1.54, 1.807) is 27.3 Å². The molecule has 3 aromatic heterocycles. The second-order valence-electron chi connectivity index (χ2n) is 7.10. The number of rotatable bonds is 5. The predicted molar refractivity (Wildman–Crippen MR) is 120 cm³/mol. The first-order valence-corrected chi connectivity index (χ1v) is 10.6. The highest BCUT2D eigenvalue weighted by Crippen LogP contribution is 2.31. The standard InChI is InChI=1S/C23H17FN4O3S/c1-31-22(30)17-12-27(18-5-3-2-4-16(17)18)13-19(29)25-21-20(14-6-8-15(24)9-7-14)26-23-28(21)10-11-32-23/h2-12H,13H2,1H3,(H,25,29). The number of imidazole rings is 1. The van der Waals surface area contributed by atoms with Gasteiger partial charge in [0.25, 0.3) is 0 Å². The van der Waals surface area contributed by atoms with E-state index in [9.17, 15) is 14.0 Å². The summed E-state index contributed by atoms with van der Waals surface area (Å²) < 4.78 is 21.7. The van der Waals surface area contributed by atoms with E-state index >= 15 is 0 Å². The number of benzene rings is 2. The zero-order chi connectivity index (χ0) is 22.2. The third-order valence-electron chi connectivity index (χ3n) is 5.15. The molecule has 0 fully saturated rings. The molecule has 2 aromatic carbocycles. The molecule has 0 saturated heterocycles. The summed E-state index contributed by atoms with van der Waals surface area (Å²) >= 11 is 1.43. The molecule has 0 saturated carbocycles. The fourth-order valence-corrected chi connectivity index (χ4v) is 4.40. The number of ether oxygens (including phenoxy) is 1. The Morgan fingerprint density at radius 1 is 1.16 bits per heavy atom. The van der Waals surface area contributed by atoms with Crippen molar-refractivity contribution in [3.8, 4) is 11.3 Å². The second-order valence-corrected chi connectivity index (χ2v) is 7.97. The summed E-state index contributed by atoms with van der Waals surface area (Å²) in [6, 6.07) is 13.3. The number of halogens is 1. The Morgan fingerprint density at radius 2 is 1.94 bits per heavy atom. The number of carbonyl (C=O) groups is 2. The van der Waals surface area contributed by atoms with Gasteiger partial charge in [-0.1, -0.05) is 18.2 Å². The van der Waals surface area contributed by atoms with Crippen LogP contribution in [0.3, 0.4) is 0 Å². The normalized spacial score (nSPS) is 11.2. The number of nitrogens with one attached hydrogen (secondary N) is 1. The maximum atomic E-state index is 13.4. The molecule has 0 atom stereocenters. The van der Waals surface area contributed by atoms with Crippen LogP contribution in [0.5, 0.6) is 0 Å². The SMILES string of the molecule is COC(=O)c1cn(CC(=O)Nc2c(-c3ccc(F)cc3)nc3sccn23)c2ccccc12. The summed E-state index contributed by atoms with van der Waals surface area (Å²) in [6.45, 7) is -0.0161. The van der Waals surface area contributed by atoms with Gasteiger partial charge in [-0.25, -0.2) is 14.2 Å². The van der Waals surface area contributed by atoms with Crippen molar-refractivity contribution in [2.24, 2.45) is 0 Å². The highest BCUT2D eigenvalue weighted by molar-refractivity contribution is 7.15. The van der Waals surface area contributed by atoms with Gasteiger partial charge in [0, 0.05) is 34.2 Å². The molecule has 160 valence electrons. The zero-order valence-corrected chi connectivity index (χ0v) is 17.7. The van der Waals surface area contributed by atoms with Gasteiger partial charge in [-0.2, -0.15) is 0 Å². The molecule has 0 aliphatic carbocycles. The number of hydrogen-bond acceptors (Lipinski definition) is 5. The molecule has 0 radical (unpaired) electrons. The average molecular weight is 448 g/mol. The first kappa shape index (κ1) is 20.0. The van der Waals surface area contributed by atoms with Crippen LogP contribution in [0.25, 0.3) is 27.1 Å². The Bertz CT molecular complexity index is 1470. The Morgan fingerprint density at radius 3 is 2.72 bits per heavy atom. The monoisotopic (exact) mass is 448 g/mol. The molecule has 7 nitrogen and oxygen atoms in total. The van der Waals surface area contributed by atoms with Gasteiger partial charge in [0.15, 0.2) is 4.96 Å². The van der Waals surface area contributed by atoms with E-state index in [-0.39, 0.29) is 18.3 Å². The molecule has 5 rings (SSSR count). The molecule has 0 aliphatic heterocycles. The number of hydrogen-bond donors (Lipinski definition) is 1. The van der Waals surface area contributed by atoms with E-state index in [0.717, 1.165) is 5.52 Å². The lowest BCUT2D eigenvalue weighted by Gasteiger charge is -2.09. The number of amides is 1. The van der Waals surface area contributed by atoms with Crippen molar-refractivity contribution in [1.29, 1.82) is 0 Å². The molecule has 9 heteroatoms. The number of carbonyl (C=O) groups excluding carboxylic acids is 2. The Balaban J connectivity index is 1.49.